The van der Waals surface area contributed by atoms with Gasteiger partial charge < -0.3 is 19.3 Å². The van der Waals surface area contributed by atoms with Crippen molar-refractivity contribution in [1.82, 2.24) is 9.80 Å². The molecule has 0 aromatic heterocycles. The number of ether oxygens (including phenoxy) is 2. The molecule has 0 bridgehead atoms. The fourth-order valence-electron chi connectivity index (χ4n) is 1.73. The van der Waals surface area contributed by atoms with Gasteiger partial charge in [-0.2, -0.15) is 0 Å². The maximum atomic E-state index is 11.9. The van der Waals surface area contributed by atoms with E-state index in [2.05, 4.69) is 4.90 Å². The quantitative estimate of drug-likeness (QED) is 0.731. The van der Waals surface area contributed by atoms with Gasteiger partial charge in [-0.05, 0) is 34.9 Å². The predicted molar refractivity (Wildman–Crippen MR) is 66.1 cm³/mol. The number of rotatable bonds is 2. The van der Waals surface area contributed by atoms with Crippen molar-refractivity contribution in [2.75, 3.05) is 40.3 Å². The van der Waals surface area contributed by atoms with E-state index in [1.54, 1.807) is 4.90 Å². The summed E-state index contributed by atoms with van der Waals surface area (Å²) in [7, 11) is 3.99. The van der Waals surface area contributed by atoms with Crippen molar-refractivity contribution >= 4 is 6.09 Å². The summed E-state index contributed by atoms with van der Waals surface area (Å²) in [5, 5.41) is 0. The summed E-state index contributed by atoms with van der Waals surface area (Å²) in [6.07, 6.45) is -0.171. The minimum atomic E-state index is -0.438. The zero-order chi connectivity index (χ0) is 13.1. The Hall–Kier alpha value is -0.810. The third-order valence-corrected chi connectivity index (χ3v) is 2.36. The summed E-state index contributed by atoms with van der Waals surface area (Å²) in [5.74, 6) is 0. The number of hydrogen-bond acceptors (Lipinski definition) is 4. The summed E-state index contributed by atoms with van der Waals surface area (Å²) in [6.45, 7) is 8.25. The first kappa shape index (κ1) is 14.3. The van der Waals surface area contributed by atoms with Gasteiger partial charge in [0.2, 0.25) is 0 Å². The van der Waals surface area contributed by atoms with Gasteiger partial charge in [0.05, 0.1) is 19.3 Å². The van der Waals surface area contributed by atoms with Gasteiger partial charge in [-0.25, -0.2) is 4.79 Å². The summed E-state index contributed by atoms with van der Waals surface area (Å²) in [5.41, 5.74) is -0.438. The fraction of sp³-hybridized carbons (Fsp3) is 0.917. The van der Waals surface area contributed by atoms with Crippen molar-refractivity contribution in [3.8, 4) is 0 Å². The van der Waals surface area contributed by atoms with Gasteiger partial charge >= 0.3 is 6.09 Å². The van der Waals surface area contributed by atoms with E-state index in [1.807, 2.05) is 34.9 Å². The molecule has 0 aliphatic carbocycles. The Bertz CT molecular complexity index is 261. The van der Waals surface area contributed by atoms with Gasteiger partial charge in [-0.1, -0.05) is 0 Å². The molecule has 1 unspecified atom stereocenters. The van der Waals surface area contributed by atoms with E-state index in [4.69, 9.17) is 9.47 Å². The van der Waals surface area contributed by atoms with Gasteiger partial charge in [0.15, 0.2) is 0 Å². The molecule has 5 nitrogen and oxygen atoms in total. The van der Waals surface area contributed by atoms with Gasteiger partial charge in [-0.15, -0.1) is 0 Å². The lowest BCUT2D eigenvalue weighted by molar-refractivity contribution is -0.0485. The highest BCUT2D eigenvalue weighted by atomic mass is 16.6. The van der Waals surface area contributed by atoms with Crippen LogP contribution in [0.15, 0.2) is 0 Å². The highest BCUT2D eigenvalue weighted by molar-refractivity contribution is 5.68. The monoisotopic (exact) mass is 244 g/mol. The standard InChI is InChI=1S/C12H24N2O3/c1-12(2,3)17-11(15)14-6-7-16-10(9-14)8-13(4)5/h10H,6-9H2,1-5H3. The molecule has 1 aliphatic heterocycles. The molecule has 1 saturated heterocycles. The summed E-state index contributed by atoms with van der Waals surface area (Å²) in [6, 6.07) is 0. The number of morpholine rings is 1. The Balaban J connectivity index is 2.46. The van der Waals surface area contributed by atoms with Crippen LogP contribution in [0, 0.1) is 0 Å². The first-order valence-corrected chi connectivity index (χ1v) is 6.02. The van der Waals surface area contributed by atoms with E-state index in [0.717, 1.165) is 6.54 Å². The second-order valence-corrected chi connectivity index (χ2v) is 5.68. The van der Waals surface area contributed by atoms with Crippen molar-refractivity contribution in [3.05, 3.63) is 0 Å². The summed E-state index contributed by atoms with van der Waals surface area (Å²) >= 11 is 0. The van der Waals surface area contributed by atoms with E-state index in [9.17, 15) is 4.79 Å². The molecule has 0 saturated carbocycles. The topological polar surface area (TPSA) is 42.0 Å². The van der Waals surface area contributed by atoms with E-state index in [-0.39, 0.29) is 12.2 Å². The lowest BCUT2D eigenvalue weighted by Gasteiger charge is -2.35. The molecule has 17 heavy (non-hydrogen) atoms. The molecule has 1 heterocycles. The van der Waals surface area contributed by atoms with E-state index in [0.29, 0.717) is 19.7 Å². The van der Waals surface area contributed by atoms with Crippen LogP contribution < -0.4 is 0 Å². The largest absolute Gasteiger partial charge is 0.444 e. The number of likely N-dealkylation sites (N-methyl/N-ethyl adjacent to an activating group) is 1. The number of hydrogen-bond donors (Lipinski definition) is 0. The number of amides is 1. The summed E-state index contributed by atoms with van der Waals surface area (Å²) < 4.78 is 11.0. The second-order valence-electron chi connectivity index (χ2n) is 5.68. The maximum Gasteiger partial charge on any atom is 0.410 e. The molecular formula is C12H24N2O3. The third kappa shape index (κ3) is 5.37. The van der Waals surface area contributed by atoms with Crippen LogP contribution in [0.1, 0.15) is 20.8 Å². The Kier molecular flexibility index (Phi) is 4.77. The number of carbonyl (C=O) groups is 1. The molecule has 0 spiro atoms. The van der Waals surface area contributed by atoms with Gasteiger partial charge in [0, 0.05) is 13.1 Å². The first-order chi connectivity index (χ1) is 7.78. The Morgan fingerprint density at radius 3 is 2.65 bits per heavy atom. The van der Waals surface area contributed by atoms with Gasteiger partial charge in [-0.3, -0.25) is 0 Å². The molecule has 1 amide bonds. The van der Waals surface area contributed by atoms with E-state index < -0.39 is 5.60 Å². The van der Waals surface area contributed by atoms with Crippen molar-refractivity contribution in [1.29, 1.82) is 0 Å². The minimum absolute atomic E-state index is 0.0752. The molecule has 0 aromatic rings. The van der Waals surface area contributed by atoms with Crippen LogP contribution in [0.3, 0.4) is 0 Å². The SMILES string of the molecule is CN(C)CC1CN(C(=O)OC(C)(C)C)CCO1. The zero-order valence-corrected chi connectivity index (χ0v) is 11.5. The number of nitrogens with zero attached hydrogens (tertiary/aromatic N) is 2. The predicted octanol–water partition coefficient (Wildman–Crippen LogP) is 1.18. The van der Waals surface area contributed by atoms with Crippen LogP contribution in [0.4, 0.5) is 4.79 Å². The van der Waals surface area contributed by atoms with Crippen LogP contribution in [-0.4, -0.2) is 67.9 Å². The van der Waals surface area contributed by atoms with Crippen LogP contribution in [-0.2, 0) is 9.47 Å². The zero-order valence-electron chi connectivity index (χ0n) is 11.5. The molecule has 0 radical (unpaired) electrons. The normalized spacial score (nSPS) is 21.8. The van der Waals surface area contributed by atoms with Crippen molar-refractivity contribution in [3.63, 3.8) is 0 Å². The smallest absolute Gasteiger partial charge is 0.410 e. The average molecular weight is 244 g/mol. The lowest BCUT2D eigenvalue weighted by Crippen LogP contribution is -2.50. The van der Waals surface area contributed by atoms with Gasteiger partial charge in [0.25, 0.3) is 0 Å². The van der Waals surface area contributed by atoms with Crippen LogP contribution in [0.2, 0.25) is 0 Å². The first-order valence-electron chi connectivity index (χ1n) is 6.02. The Labute approximate surface area is 104 Å². The van der Waals surface area contributed by atoms with Crippen molar-refractivity contribution < 1.29 is 14.3 Å². The Morgan fingerprint density at radius 1 is 1.47 bits per heavy atom. The lowest BCUT2D eigenvalue weighted by atomic mass is 10.2. The van der Waals surface area contributed by atoms with Crippen LogP contribution in [0.25, 0.3) is 0 Å². The number of carbonyl (C=O) groups excluding carboxylic acids is 1. The molecule has 1 aliphatic rings. The molecule has 1 atom stereocenters. The molecule has 0 N–H and O–H groups in total. The third-order valence-electron chi connectivity index (χ3n) is 2.36. The van der Waals surface area contributed by atoms with E-state index >= 15 is 0 Å². The minimum Gasteiger partial charge on any atom is -0.444 e. The van der Waals surface area contributed by atoms with E-state index in [1.165, 1.54) is 0 Å². The maximum absolute atomic E-state index is 11.9. The molecule has 100 valence electrons. The second kappa shape index (κ2) is 5.69. The molecule has 0 aromatic carbocycles. The Morgan fingerprint density at radius 2 is 2.12 bits per heavy atom. The average Bonchev–Trinajstić information content (AvgIpc) is 2.14. The summed E-state index contributed by atoms with van der Waals surface area (Å²) in [4.78, 5) is 15.7. The van der Waals surface area contributed by atoms with Crippen molar-refractivity contribution in [2.45, 2.75) is 32.5 Å². The highest BCUT2D eigenvalue weighted by Gasteiger charge is 2.28. The molecule has 1 fully saturated rings. The molecular weight excluding hydrogens is 220 g/mol. The van der Waals surface area contributed by atoms with Crippen LogP contribution in [0.5, 0.6) is 0 Å². The molecule has 1 rings (SSSR count). The van der Waals surface area contributed by atoms with Crippen LogP contribution >= 0.6 is 0 Å². The fourth-order valence-corrected chi connectivity index (χ4v) is 1.73. The van der Waals surface area contributed by atoms with Crippen molar-refractivity contribution in [2.24, 2.45) is 0 Å². The van der Waals surface area contributed by atoms with Gasteiger partial charge in [0.1, 0.15) is 5.60 Å². The highest BCUT2D eigenvalue weighted by Crippen LogP contribution is 2.13. The molecule has 5 heteroatoms.